The van der Waals surface area contributed by atoms with Gasteiger partial charge in [-0.1, -0.05) is 20.8 Å². The lowest BCUT2D eigenvalue weighted by Gasteiger charge is -2.40. The van der Waals surface area contributed by atoms with E-state index in [1.54, 1.807) is 10.8 Å². The van der Waals surface area contributed by atoms with Crippen molar-refractivity contribution >= 4 is 42.7 Å². The molecule has 1 saturated heterocycles. The van der Waals surface area contributed by atoms with Crippen LogP contribution >= 0.6 is 12.2 Å². The van der Waals surface area contributed by atoms with E-state index in [9.17, 15) is 8.78 Å². The van der Waals surface area contributed by atoms with Crippen LogP contribution in [0.2, 0.25) is 18.1 Å². The number of hydrogen-bond donors (Lipinski definition) is 1. The van der Waals surface area contributed by atoms with Crippen molar-refractivity contribution in [1.82, 2.24) is 29.1 Å². The smallest absolute Gasteiger partial charge is 0.283 e. The molecular weight excluding hydrogens is 496 g/mol. The molecular formula is C21H27F2N7O3SSi. The van der Waals surface area contributed by atoms with E-state index in [4.69, 9.17) is 31.9 Å². The molecule has 0 aromatic carbocycles. The molecule has 188 valence electrons. The van der Waals surface area contributed by atoms with Gasteiger partial charge in [-0.2, -0.15) is 0 Å². The number of aromatic nitrogens is 6. The number of nitrogen functional groups attached to an aromatic ring is 1. The Labute approximate surface area is 206 Å². The van der Waals surface area contributed by atoms with Crippen molar-refractivity contribution in [3.8, 4) is 0 Å². The van der Waals surface area contributed by atoms with Crippen LogP contribution in [-0.4, -0.2) is 66.3 Å². The van der Waals surface area contributed by atoms with Gasteiger partial charge in [-0.05, 0) is 30.4 Å². The molecule has 1 saturated carbocycles. The minimum Gasteiger partial charge on any atom is -0.461 e. The number of halogens is 2. The van der Waals surface area contributed by atoms with E-state index in [1.807, 2.05) is 13.1 Å². The molecule has 10 nitrogen and oxygen atoms in total. The summed E-state index contributed by atoms with van der Waals surface area (Å²) in [6.07, 6.45) is 3.64. The first kappa shape index (κ1) is 24.2. The number of fused-ring (bicyclic) bond motifs is 1. The lowest BCUT2D eigenvalue weighted by molar-refractivity contribution is -0.0971. The fraction of sp³-hybridized carbons (Fsp3) is 0.571. The van der Waals surface area contributed by atoms with Crippen molar-refractivity contribution in [1.29, 1.82) is 0 Å². The third-order valence-corrected chi connectivity index (χ3v) is 12.0. The van der Waals surface area contributed by atoms with Gasteiger partial charge in [0.05, 0.1) is 12.7 Å². The SMILES string of the molecule is CC(C)(C)[Si](C)(C)O[C@H]1[C@H](n2cnc3c(N)ncnc32)O[C@@]2(CC2(F)F)[C@H]1OC(=S)n1ccnc1. The normalized spacial score (nSPS) is 28.0. The van der Waals surface area contributed by atoms with Gasteiger partial charge in [0.2, 0.25) is 0 Å². The largest absolute Gasteiger partial charge is 0.461 e. The third kappa shape index (κ3) is 3.73. The monoisotopic (exact) mass is 523 g/mol. The highest BCUT2D eigenvalue weighted by Crippen LogP contribution is 2.65. The zero-order valence-electron chi connectivity index (χ0n) is 20.0. The maximum atomic E-state index is 15.0. The Morgan fingerprint density at radius 3 is 2.57 bits per heavy atom. The molecule has 14 heteroatoms. The zero-order valence-corrected chi connectivity index (χ0v) is 21.8. The number of rotatable bonds is 4. The highest BCUT2D eigenvalue weighted by molar-refractivity contribution is 7.80. The average Bonchev–Trinajstić information content (AvgIpc) is 3.26. The predicted molar refractivity (Wildman–Crippen MR) is 129 cm³/mol. The Morgan fingerprint density at radius 2 is 1.97 bits per heavy atom. The molecule has 3 aromatic heterocycles. The second-order valence-corrected chi connectivity index (χ2v) is 15.6. The number of nitrogens with two attached hydrogens (primary N) is 1. The molecule has 1 aliphatic carbocycles. The molecule has 2 N–H and O–H groups in total. The van der Waals surface area contributed by atoms with Gasteiger partial charge in [0.1, 0.15) is 24.3 Å². The summed E-state index contributed by atoms with van der Waals surface area (Å²) < 4.78 is 51.9. The molecule has 0 bridgehead atoms. The molecule has 2 aliphatic rings. The molecule has 0 amide bonds. The van der Waals surface area contributed by atoms with Crippen LogP contribution < -0.4 is 5.73 Å². The molecule has 1 aliphatic heterocycles. The molecule has 35 heavy (non-hydrogen) atoms. The number of anilines is 1. The van der Waals surface area contributed by atoms with E-state index in [0.717, 1.165) is 0 Å². The maximum absolute atomic E-state index is 15.0. The summed E-state index contributed by atoms with van der Waals surface area (Å²) in [5.74, 6) is -2.95. The zero-order chi connectivity index (χ0) is 25.4. The second kappa shape index (κ2) is 7.72. The Bertz CT molecular complexity index is 1280. The molecule has 5 rings (SSSR count). The summed E-state index contributed by atoms with van der Waals surface area (Å²) in [6, 6.07) is 0. The third-order valence-electron chi connectivity index (χ3n) is 7.19. The maximum Gasteiger partial charge on any atom is 0.283 e. The Kier molecular flexibility index (Phi) is 5.33. The second-order valence-electron chi connectivity index (χ2n) is 10.5. The van der Waals surface area contributed by atoms with Crippen LogP contribution in [0.3, 0.4) is 0 Å². The van der Waals surface area contributed by atoms with Gasteiger partial charge in [-0.3, -0.25) is 9.13 Å². The lowest BCUT2D eigenvalue weighted by atomic mass is 10.1. The fourth-order valence-corrected chi connectivity index (χ4v) is 5.58. The number of thiocarbonyl (C=S) groups is 1. The van der Waals surface area contributed by atoms with Crippen LogP contribution in [0.15, 0.2) is 31.4 Å². The lowest BCUT2D eigenvalue weighted by Crippen LogP contribution is -2.50. The van der Waals surface area contributed by atoms with Gasteiger partial charge in [0.25, 0.3) is 11.1 Å². The summed E-state index contributed by atoms with van der Waals surface area (Å²) in [5.41, 5.74) is 4.74. The van der Waals surface area contributed by atoms with Crippen LogP contribution in [0.4, 0.5) is 14.6 Å². The van der Waals surface area contributed by atoms with Gasteiger partial charge in [-0.25, -0.2) is 28.7 Å². The number of imidazole rings is 2. The van der Waals surface area contributed by atoms with Gasteiger partial charge in [0.15, 0.2) is 37.7 Å². The standard InChI is InChI=1S/C21H27F2N7O3SSi/c1-19(2,3)35(4,5)33-13-14(31-18(34)29-7-6-25-10-29)20(8-21(20,22)23)32-17(13)30-11-28-12-15(24)26-9-27-16(12)30/h6-7,9-11,13-14,17H,8H2,1-5H3,(H2,24,26,27)/t13-,14+,17-,20+/m1/s1. The highest BCUT2D eigenvalue weighted by Gasteiger charge is 2.83. The van der Waals surface area contributed by atoms with Gasteiger partial charge >= 0.3 is 0 Å². The van der Waals surface area contributed by atoms with Crippen LogP contribution in [-0.2, 0) is 13.9 Å². The Balaban J connectivity index is 1.61. The van der Waals surface area contributed by atoms with E-state index >= 15 is 0 Å². The van der Waals surface area contributed by atoms with Crippen LogP contribution in [0.25, 0.3) is 11.2 Å². The highest BCUT2D eigenvalue weighted by atomic mass is 32.1. The molecule has 0 radical (unpaired) electrons. The van der Waals surface area contributed by atoms with E-state index in [0.29, 0.717) is 11.2 Å². The molecule has 0 unspecified atom stereocenters. The number of nitrogens with zero attached hydrogens (tertiary/aromatic N) is 6. The summed E-state index contributed by atoms with van der Waals surface area (Å²) in [6.45, 7) is 10.3. The van der Waals surface area contributed by atoms with E-state index in [2.05, 4.69) is 40.7 Å². The first-order valence-corrected chi connectivity index (χ1v) is 14.4. The molecule has 1 spiro atoms. The van der Waals surface area contributed by atoms with Crippen molar-refractivity contribution in [3.05, 3.63) is 31.4 Å². The molecule has 2 fully saturated rings. The first-order chi connectivity index (χ1) is 16.3. The summed E-state index contributed by atoms with van der Waals surface area (Å²) in [7, 11) is -2.50. The van der Waals surface area contributed by atoms with Crippen LogP contribution in [0, 0.1) is 0 Å². The van der Waals surface area contributed by atoms with Crippen molar-refractivity contribution in [3.63, 3.8) is 0 Å². The predicted octanol–water partition coefficient (Wildman–Crippen LogP) is 3.52. The molecule has 3 aromatic rings. The summed E-state index contributed by atoms with van der Waals surface area (Å²) in [4.78, 5) is 16.5. The minimum absolute atomic E-state index is 0.0234. The van der Waals surface area contributed by atoms with Crippen molar-refractivity contribution in [2.75, 3.05) is 5.73 Å². The average molecular weight is 524 g/mol. The van der Waals surface area contributed by atoms with Gasteiger partial charge in [-0.15, -0.1) is 0 Å². The number of ether oxygens (including phenoxy) is 2. The molecule has 4 atom stereocenters. The topological polar surface area (TPSA) is 115 Å². The van der Waals surface area contributed by atoms with Crippen molar-refractivity contribution in [2.24, 2.45) is 0 Å². The Morgan fingerprint density at radius 1 is 1.26 bits per heavy atom. The number of hydrogen-bond acceptors (Lipinski definition) is 9. The first-order valence-electron chi connectivity index (χ1n) is 11.1. The summed E-state index contributed by atoms with van der Waals surface area (Å²) >= 11 is 5.42. The fourth-order valence-electron chi connectivity index (χ4n) is 4.09. The van der Waals surface area contributed by atoms with Gasteiger partial charge < -0.3 is 19.6 Å². The minimum atomic E-state index is -3.13. The Hall–Kier alpha value is -2.55. The summed E-state index contributed by atoms with van der Waals surface area (Å²) in [5, 5.41) is -0.233. The van der Waals surface area contributed by atoms with Crippen LogP contribution in [0.1, 0.15) is 33.4 Å². The van der Waals surface area contributed by atoms with Gasteiger partial charge in [0, 0.05) is 12.4 Å². The van der Waals surface area contributed by atoms with Crippen molar-refractivity contribution < 1.29 is 22.7 Å². The number of alkyl halides is 2. The van der Waals surface area contributed by atoms with E-state index in [-0.39, 0.29) is 16.0 Å². The van der Waals surface area contributed by atoms with Crippen LogP contribution in [0.5, 0.6) is 0 Å². The van der Waals surface area contributed by atoms with Crippen molar-refractivity contribution in [2.45, 2.75) is 75.3 Å². The quantitative estimate of drug-likeness (QED) is 0.405. The van der Waals surface area contributed by atoms with E-state index < -0.39 is 44.7 Å². The molecule has 4 heterocycles. The van der Waals surface area contributed by atoms with E-state index in [1.165, 1.54) is 29.7 Å².